The molecule has 1 heterocycles. The fraction of sp³-hybridized carbons (Fsp3) is 0.708. The zero-order valence-corrected chi connectivity index (χ0v) is 19.3. The topological polar surface area (TPSA) is 77.9 Å². The minimum atomic E-state index is -4.08. The average molecular weight is 449 g/mol. The van der Waals surface area contributed by atoms with Crippen LogP contribution >= 0.6 is 0 Å². The third kappa shape index (κ3) is 4.77. The van der Waals surface area contributed by atoms with E-state index < -0.39 is 22.2 Å². The summed E-state index contributed by atoms with van der Waals surface area (Å²) < 4.78 is 27.1. The number of amides is 1. The van der Waals surface area contributed by atoms with E-state index in [1.54, 1.807) is 18.2 Å². The van der Waals surface area contributed by atoms with Crippen LogP contribution in [0.4, 0.5) is 4.79 Å². The first-order valence-electron chi connectivity index (χ1n) is 12.0. The van der Waals surface area contributed by atoms with Gasteiger partial charge in [-0.05, 0) is 62.5 Å². The van der Waals surface area contributed by atoms with Gasteiger partial charge < -0.3 is 5.11 Å². The van der Waals surface area contributed by atoms with Crippen LogP contribution in [-0.2, 0) is 10.0 Å². The van der Waals surface area contributed by atoms with Gasteiger partial charge in [-0.15, -0.1) is 0 Å². The van der Waals surface area contributed by atoms with Crippen molar-refractivity contribution in [3.63, 3.8) is 0 Å². The first-order chi connectivity index (χ1) is 14.9. The Bertz CT molecular complexity index is 848. The van der Waals surface area contributed by atoms with Crippen LogP contribution < -0.4 is 0 Å². The Labute approximate surface area is 186 Å². The highest BCUT2D eigenvalue weighted by Crippen LogP contribution is 2.43. The van der Waals surface area contributed by atoms with Gasteiger partial charge in [0.05, 0.1) is 10.9 Å². The largest absolute Gasteiger partial charge is 0.464 e. The zero-order valence-electron chi connectivity index (χ0n) is 18.5. The molecule has 3 fully saturated rings. The second-order valence-corrected chi connectivity index (χ2v) is 11.6. The van der Waals surface area contributed by atoms with Crippen molar-refractivity contribution in [2.75, 3.05) is 6.54 Å². The molecule has 7 heteroatoms. The van der Waals surface area contributed by atoms with Crippen molar-refractivity contribution in [2.45, 2.75) is 94.2 Å². The maximum Gasteiger partial charge on any atom is 0.421 e. The van der Waals surface area contributed by atoms with Crippen molar-refractivity contribution in [1.29, 1.82) is 0 Å². The Hall–Kier alpha value is -1.60. The molecule has 1 unspecified atom stereocenters. The van der Waals surface area contributed by atoms with Crippen LogP contribution in [0.3, 0.4) is 0 Å². The van der Waals surface area contributed by atoms with E-state index in [1.807, 2.05) is 0 Å². The average Bonchev–Trinajstić information content (AvgIpc) is 2.74. The molecule has 172 valence electrons. The van der Waals surface area contributed by atoms with E-state index in [2.05, 4.69) is 11.8 Å². The Kier molecular flexibility index (Phi) is 6.92. The SMILES string of the molecule is CCC[C@H]1C[C@@H](N(C(=O)O)S(=O)(=O)c2ccccc2)CCN1C1C[C@H]2CCC[C@@H](C1)C2. The van der Waals surface area contributed by atoms with Crippen LogP contribution in [0.2, 0.25) is 0 Å². The first kappa shape index (κ1) is 22.6. The van der Waals surface area contributed by atoms with Crippen molar-refractivity contribution >= 4 is 16.1 Å². The molecule has 1 aromatic carbocycles. The third-order valence-electron chi connectivity index (χ3n) is 7.75. The molecule has 3 aliphatic rings. The number of carboxylic acid groups (broad SMARTS) is 1. The number of hydrogen-bond acceptors (Lipinski definition) is 4. The van der Waals surface area contributed by atoms with Gasteiger partial charge in [0, 0.05) is 18.6 Å². The van der Waals surface area contributed by atoms with Gasteiger partial charge >= 0.3 is 6.09 Å². The number of rotatable bonds is 6. The molecule has 0 radical (unpaired) electrons. The van der Waals surface area contributed by atoms with Crippen LogP contribution in [0, 0.1) is 11.8 Å². The molecule has 2 bridgehead atoms. The Morgan fingerprint density at radius 3 is 2.35 bits per heavy atom. The number of piperidine rings is 1. The molecular formula is C24H36N2O4S. The van der Waals surface area contributed by atoms with Crippen LogP contribution in [0.5, 0.6) is 0 Å². The highest BCUT2D eigenvalue weighted by Gasteiger charge is 2.43. The molecule has 31 heavy (non-hydrogen) atoms. The second-order valence-electron chi connectivity index (χ2n) is 9.78. The monoisotopic (exact) mass is 448 g/mol. The normalized spacial score (nSPS) is 31.8. The lowest BCUT2D eigenvalue weighted by Crippen LogP contribution is -2.56. The summed E-state index contributed by atoms with van der Waals surface area (Å²) in [5, 5.41) is 9.90. The van der Waals surface area contributed by atoms with Gasteiger partial charge in [0.15, 0.2) is 0 Å². The Morgan fingerprint density at radius 2 is 1.74 bits per heavy atom. The molecule has 2 saturated carbocycles. The predicted octanol–water partition coefficient (Wildman–Crippen LogP) is 4.96. The van der Waals surface area contributed by atoms with Crippen LogP contribution in [0.25, 0.3) is 0 Å². The lowest BCUT2D eigenvalue weighted by atomic mass is 9.69. The fourth-order valence-electron chi connectivity index (χ4n) is 6.49. The summed E-state index contributed by atoms with van der Waals surface area (Å²) in [5.74, 6) is 1.68. The molecular weight excluding hydrogens is 412 g/mol. The number of hydrogen-bond donors (Lipinski definition) is 1. The molecule has 1 aliphatic heterocycles. The van der Waals surface area contributed by atoms with Crippen molar-refractivity contribution in [3.05, 3.63) is 30.3 Å². The Balaban J connectivity index is 1.53. The number of fused-ring (bicyclic) bond motifs is 2. The molecule has 0 spiro atoms. The highest BCUT2D eigenvalue weighted by molar-refractivity contribution is 7.89. The van der Waals surface area contributed by atoms with Gasteiger partial charge in [0.1, 0.15) is 0 Å². The molecule has 1 saturated heterocycles. The van der Waals surface area contributed by atoms with Crippen LogP contribution in [0.1, 0.15) is 71.1 Å². The van der Waals surface area contributed by atoms with Crippen molar-refractivity contribution < 1.29 is 18.3 Å². The van der Waals surface area contributed by atoms with Gasteiger partial charge in [-0.25, -0.2) is 13.2 Å². The van der Waals surface area contributed by atoms with Crippen molar-refractivity contribution in [3.8, 4) is 0 Å². The van der Waals surface area contributed by atoms with Gasteiger partial charge in [0.2, 0.25) is 0 Å². The van der Waals surface area contributed by atoms with E-state index in [9.17, 15) is 18.3 Å². The second kappa shape index (κ2) is 9.49. The minimum Gasteiger partial charge on any atom is -0.464 e. The third-order valence-corrected chi connectivity index (χ3v) is 9.59. The van der Waals surface area contributed by atoms with Gasteiger partial charge in [0.25, 0.3) is 10.0 Å². The number of benzene rings is 1. The van der Waals surface area contributed by atoms with Crippen LogP contribution in [0.15, 0.2) is 35.2 Å². The maximum atomic E-state index is 13.2. The summed E-state index contributed by atoms with van der Waals surface area (Å²) in [7, 11) is -4.08. The van der Waals surface area contributed by atoms with Gasteiger partial charge in [-0.1, -0.05) is 50.8 Å². The van der Waals surface area contributed by atoms with Crippen molar-refractivity contribution in [1.82, 2.24) is 9.21 Å². The molecule has 0 aromatic heterocycles. The van der Waals surface area contributed by atoms with Crippen molar-refractivity contribution in [2.24, 2.45) is 11.8 Å². The summed E-state index contributed by atoms with van der Waals surface area (Å²) >= 11 is 0. The van der Waals surface area contributed by atoms with E-state index in [4.69, 9.17) is 0 Å². The quantitative estimate of drug-likeness (QED) is 0.666. The van der Waals surface area contributed by atoms with E-state index in [1.165, 1.54) is 50.7 Å². The Morgan fingerprint density at radius 1 is 1.06 bits per heavy atom. The smallest absolute Gasteiger partial charge is 0.421 e. The summed E-state index contributed by atoms with van der Waals surface area (Å²) in [6.07, 6.45) is 9.77. The molecule has 1 N–H and O–H groups in total. The van der Waals surface area contributed by atoms with E-state index >= 15 is 0 Å². The number of likely N-dealkylation sites (tertiary alicyclic amines) is 1. The lowest BCUT2D eigenvalue weighted by Gasteiger charge is -2.50. The van der Waals surface area contributed by atoms with E-state index in [0.717, 1.165) is 35.5 Å². The molecule has 2 aliphatic carbocycles. The predicted molar refractivity (Wildman–Crippen MR) is 120 cm³/mol. The highest BCUT2D eigenvalue weighted by atomic mass is 32.2. The molecule has 1 aromatic rings. The number of carbonyl (C=O) groups is 1. The van der Waals surface area contributed by atoms with E-state index in [0.29, 0.717) is 18.9 Å². The standard InChI is InChI=1S/C24H36N2O4S/c1-2-7-20-17-21(26(24(27)28)31(29,30)23-10-4-3-5-11-23)12-13-25(20)22-15-18-8-6-9-19(14-18)16-22/h3-5,10-11,18-22H,2,6-9,12-17H2,1H3,(H,27,28)/t18-,19+,20-,21-,22?/m0/s1. The summed E-state index contributed by atoms with van der Waals surface area (Å²) in [4.78, 5) is 14.8. The molecule has 5 atom stereocenters. The molecule has 4 rings (SSSR count). The zero-order chi connectivity index (χ0) is 22.0. The van der Waals surface area contributed by atoms with Gasteiger partial charge in [-0.3, -0.25) is 4.90 Å². The minimum absolute atomic E-state index is 0.0481. The number of sulfonamides is 1. The van der Waals surface area contributed by atoms with Crippen LogP contribution in [-0.4, -0.2) is 53.5 Å². The lowest BCUT2D eigenvalue weighted by molar-refractivity contribution is 0.00744. The number of nitrogens with zero attached hydrogens (tertiary/aromatic N) is 2. The summed E-state index contributed by atoms with van der Waals surface area (Å²) in [5.41, 5.74) is 0. The maximum absolute atomic E-state index is 13.2. The molecule has 1 amide bonds. The first-order valence-corrected chi connectivity index (χ1v) is 13.4. The molecule has 6 nitrogen and oxygen atoms in total. The summed E-state index contributed by atoms with van der Waals surface area (Å²) in [6.45, 7) is 2.95. The summed E-state index contributed by atoms with van der Waals surface area (Å²) in [6, 6.07) is 8.28. The fourth-order valence-corrected chi connectivity index (χ4v) is 8.00. The van der Waals surface area contributed by atoms with Gasteiger partial charge in [-0.2, -0.15) is 4.31 Å². The van der Waals surface area contributed by atoms with E-state index in [-0.39, 0.29) is 10.9 Å².